The maximum Gasteiger partial charge on any atom is 0.355 e. The van der Waals surface area contributed by atoms with Gasteiger partial charge in [-0.25, -0.2) is 18.7 Å². The van der Waals surface area contributed by atoms with Gasteiger partial charge in [-0.3, -0.25) is 25.8 Å². The summed E-state index contributed by atoms with van der Waals surface area (Å²) in [6.07, 6.45) is 0.940. The van der Waals surface area contributed by atoms with Crippen molar-refractivity contribution in [1.82, 2.24) is 15.4 Å². The molecule has 0 aliphatic heterocycles. The van der Waals surface area contributed by atoms with Crippen molar-refractivity contribution in [1.29, 1.82) is 0 Å². The van der Waals surface area contributed by atoms with Gasteiger partial charge in [0.25, 0.3) is 5.91 Å². The van der Waals surface area contributed by atoms with Crippen molar-refractivity contribution in [2.75, 3.05) is 17.3 Å². The Kier molecular flexibility index (Phi) is 7.18. The monoisotopic (exact) mass is 484 g/mol. The van der Waals surface area contributed by atoms with Crippen LogP contribution in [0.15, 0.2) is 42.7 Å². The summed E-state index contributed by atoms with van der Waals surface area (Å²) in [7, 11) is 0. The Hall–Kier alpha value is -3.77. The number of carbonyl (C=O) groups excluding carboxylic acids is 1. The molecule has 1 aromatic heterocycles. The van der Waals surface area contributed by atoms with E-state index in [4.69, 9.17) is 27.9 Å². The zero-order valence-electron chi connectivity index (χ0n) is 15.7. The zero-order chi connectivity index (χ0) is 23.3. The number of hydrogen-bond donors (Lipinski definition) is 3. The molecule has 14 heteroatoms. The molecule has 0 radical (unpaired) electrons. The van der Waals surface area contributed by atoms with E-state index >= 15 is 0 Å². The number of ether oxygens (including phenoxy) is 1. The smallest absolute Gasteiger partial charge is 0.355 e. The van der Waals surface area contributed by atoms with Crippen LogP contribution in [0, 0.1) is 21.7 Å². The van der Waals surface area contributed by atoms with Crippen molar-refractivity contribution in [3.63, 3.8) is 0 Å². The Bertz CT molecular complexity index is 1180. The van der Waals surface area contributed by atoms with E-state index in [1.54, 1.807) is 0 Å². The van der Waals surface area contributed by atoms with Gasteiger partial charge in [0.2, 0.25) is 11.6 Å². The van der Waals surface area contributed by atoms with E-state index in [2.05, 4.69) is 26.1 Å². The second kappa shape index (κ2) is 10.0. The Morgan fingerprint density at radius 2 is 1.88 bits per heavy atom. The van der Waals surface area contributed by atoms with Crippen LogP contribution in [0.5, 0.6) is 5.75 Å². The minimum absolute atomic E-state index is 0.188. The van der Waals surface area contributed by atoms with Gasteiger partial charge in [0, 0.05) is 11.1 Å². The number of rotatable bonds is 8. The molecule has 166 valence electrons. The Labute approximate surface area is 188 Å². The number of nitro groups is 1. The summed E-state index contributed by atoms with van der Waals surface area (Å²) < 4.78 is 32.2. The number of carbonyl (C=O) groups is 1. The van der Waals surface area contributed by atoms with Crippen LogP contribution >= 0.6 is 23.2 Å². The van der Waals surface area contributed by atoms with E-state index in [-0.39, 0.29) is 16.5 Å². The molecule has 0 unspecified atom stereocenters. The molecule has 1 amide bonds. The normalized spacial score (nSPS) is 10.4. The van der Waals surface area contributed by atoms with Crippen LogP contribution in [0.4, 0.5) is 31.8 Å². The van der Waals surface area contributed by atoms with Crippen LogP contribution in [0.2, 0.25) is 10.0 Å². The highest BCUT2D eigenvalue weighted by atomic mass is 35.5. The lowest BCUT2D eigenvalue weighted by Gasteiger charge is -2.12. The predicted octanol–water partition coefficient (Wildman–Crippen LogP) is 4.24. The third kappa shape index (κ3) is 5.68. The molecule has 10 nitrogen and oxygen atoms in total. The maximum absolute atomic E-state index is 13.9. The standard InChI is InChI=1S/C18H12Cl2F2N6O4/c19-9-1-4-14(11(20)5-9)32-7-15(29)26-27-18-16(28(30)31)17(23-8-24-18)25-13-3-2-10(21)6-12(13)22/h1-6,8H,7H2,(H,26,29)(H2,23,24,25,27). The minimum atomic E-state index is -0.987. The number of halogens is 4. The van der Waals surface area contributed by atoms with E-state index < -0.39 is 46.4 Å². The zero-order valence-corrected chi connectivity index (χ0v) is 17.2. The largest absolute Gasteiger partial charge is 0.482 e. The van der Waals surface area contributed by atoms with Gasteiger partial charge in [-0.1, -0.05) is 23.2 Å². The molecule has 3 N–H and O–H groups in total. The van der Waals surface area contributed by atoms with Crippen LogP contribution < -0.4 is 20.9 Å². The van der Waals surface area contributed by atoms with Crippen molar-refractivity contribution in [3.05, 3.63) is 74.5 Å². The quantitative estimate of drug-likeness (QED) is 0.319. The highest BCUT2D eigenvalue weighted by molar-refractivity contribution is 6.35. The van der Waals surface area contributed by atoms with Gasteiger partial charge in [0.1, 0.15) is 23.7 Å². The molecule has 3 aromatic rings. The Balaban J connectivity index is 1.70. The number of nitrogens with zero attached hydrogens (tertiary/aromatic N) is 3. The van der Waals surface area contributed by atoms with Crippen molar-refractivity contribution in [2.24, 2.45) is 0 Å². The number of hydrogen-bond acceptors (Lipinski definition) is 8. The summed E-state index contributed by atoms with van der Waals surface area (Å²) in [4.78, 5) is 30.1. The number of nitrogens with one attached hydrogen (secondary N) is 3. The first-order chi connectivity index (χ1) is 15.2. The molecule has 0 bridgehead atoms. The van der Waals surface area contributed by atoms with Gasteiger partial charge in [0.15, 0.2) is 6.61 Å². The molecule has 0 aliphatic rings. The molecule has 0 saturated carbocycles. The molecule has 1 heterocycles. The average molecular weight is 485 g/mol. The third-order valence-corrected chi connectivity index (χ3v) is 4.29. The fraction of sp³-hybridized carbons (Fsp3) is 0.0556. The van der Waals surface area contributed by atoms with Crippen molar-refractivity contribution >= 4 is 52.1 Å². The summed E-state index contributed by atoms with van der Waals surface area (Å²) >= 11 is 11.7. The number of amides is 1. The number of anilines is 3. The molecule has 0 fully saturated rings. The minimum Gasteiger partial charge on any atom is -0.482 e. The van der Waals surface area contributed by atoms with E-state index in [1.165, 1.54) is 18.2 Å². The molecular formula is C18H12Cl2F2N6O4. The van der Waals surface area contributed by atoms with Crippen molar-refractivity contribution < 1.29 is 23.2 Å². The van der Waals surface area contributed by atoms with E-state index in [9.17, 15) is 23.7 Å². The summed E-state index contributed by atoms with van der Waals surface area (Å²) in [5, 5.41) is 14.5. The fourth-order valence-corrected chi connectivity index (χ4v) is 2.82. The highest BCUT2D eigenvalue weighted by Crippen LogP contribution is 2.31. The molecule has 0 spiro atoms. The number of aromatic nitrogens is 2. The van der Waals surface area contributed by atoms with Gasteiger partial charge in [0.05, 0.1) is 15.6 Å². The molecule has 3 rings (SSSR count). The van der Waals surface area contributed by atoms with Gasteiger partial charge >= 0.3 is 5.69 Å². The van der Waals surface area contributed by atoms with E-state index in [0.29, 0.717) is 11.1 Å². The molecule has 2 aromatic carbocycles. The van der Waals surface area contributed by atoms with Gasteiger partial charge < -0.3 is 10.1 Å². The lowest BCUT2D eigenvalue weighted by Crippen LogP contribution is -2.34. The first-order valence-corrected chi connectivity index (χ1v) is 9.34. The Morgan fingerprint density at radius 1 is 1.12 bits per heavy atom. The van der Waals surface area contributed by atoms with E-state index in [1.807, 2.05) is 0 Å². The third-order valence-electron chi connectivity index (χ3n) is 3.76. The van der Waals surface area contributed by atoms with Crippen molar-refractivity contribution in [3.8, 4) is 5.75 Å². The van der Waals surface area contributed by atoms with Crippen LogP contribution in [0.25, 0.3) is 0 Å². The predicted molar refractivity (Wildman–Crippen MR) is 112 cm³/mol. The van der Waals surface area contributed by atoms with Gasteiger partial charge in [-0.05, 0) is 30.3 Å². The Morgan fingerprint density at radius 3 is 2.56 bits per heavy atom. The van der Waals surface area contributed by atoms with Crippen molar-refractivity contribution in [2.45, 2.75) is 0 Å². The summed E-state index contributed by atoms with van der Waals surface area (Å²) in [6, 6.07) is 7.02. The lowest BCUT2D eigenvalue weighted by molar-refractivity contribution is -0.383. The van der Waals surface area contributed by atoms with Crippen LogP contribution in [-0.2, 0) is 4.79 Å². The molecule has 0 saturated heterocycles. The van der Waals surface area contributed by atoms with Crippen LogP contribution in [-0.4, -0.2) is 27.4 Å². The first kappa shape index (κ1) is 22.9. The molecule has 0 aliphatic carbocycles. The van der Waals surface area contributed by atoms with Gasteiger partial charge in [-0.2, -0.15) is 0 Å². The number of benzene rings is 2. The second-order valence-electron chi connectivity index (χ2n) is 5.96. The summed E-state index contributed by atoms with van der Waals surface area (Å²) in [5.74, 6) is -3.12. The van der Waals surface area contributed by atoms with Crippen LogP contribution in [0.3, 0.4) is 0 Å². The highest BCUT2D eigenvalue weighted by Gasteiger charge is 2.24. The van der Waals surface area contributed by atoms with Crippen LogP contribution in [0.1, 0.15) is 0 Å². The molecule has 32 heavy (non-hydrogen) atoms. The second-order valence-corrected chi connectivity index (χ2v) is 6.81. The molecule has 0 atom stereocenters. The first-order valence-electron chi connectivity index (χ1n) is 8.58. The number of hydrazine groups is 1. The maximum atomic E-state index is 13.9. The topological polar surface area (TPSA) is 131 Å². The molecular weight excluding hydrogens is 473 g/mol. The lowest BCUT2D eigenvalue weighted by atomic mass is 10.3. The summed E-state index contributed by atoms with van der Waals surface area (Å²) in [5.41, 5.74) is 3.51. The SMILES string of the molecule is O=C(COc1ccc(Cl)cc1Cl)NNc1ncnc(Nc2ccc(F)cc2F)c1[N+](=O)[O-]. The summed E-state index contributed by atoms with van der Waals surface area (Å²) in [6.45, 7) is -0.487. The van der Waals surface area contributed by atoms with Gasteiger partial charge in [-0.15, -0.1) is 0 Å². The van der Waals surface area contributed by atoms with E-state index in [0.717, 1.165) is 18.5 Å². The average Bonchev–Trinajstić information content (AvgIpc) is 2.73. The fourth-order valence-electron chi connectivity index (χ4n) is 2.35.